The fourth-order valence-corrected chi connectivity index (χ4v) is 1.65. The maximum absolute atomic E-state index is 11.6. The lowest BCUT2D eigenvalue weighted by molar-refractivity contribution is 0.0526. The number of rotatable bonds is 5. The third-order valence-corrected chi connectivity index (χ3v) is 2.55. The molecule has 0 aromatic carbocycles. The molecule has 2 heterocycles. The Morgan fingerprint density at radius 2 is 2.19 bits per heavy atom. The highest BCUT2D eigenvalue weighted by atomic mass is 16.5. The second-order valence-electron chi connectivity index (χ2n) is 4.62. The molecule has 0 atom stereocenters. The van der Waals surface area contributed by atoms with Crippen molar-refractivity contribution in [3.8, 4) is 11.7 Å². The maximum Gasteiger partial charge on any atom is 0.341 e. The van der Waals surface area contributed by atoms with Crippen LogP contribution in [0.4, 0.5) is 5.69 Å². The fourth-order valence-electron chi connectivity index (χ4n) is 1.65. The van der Waals surface area contributed by atoms with E-state index in [0.29, 0.717) is 29.6 Å². The average molecular weight is 290 g/mol. The zero-order valence-electron chi connectivity index (χ0n) is 12.2. The Kier molecular flexibility index (Phi) is 4.42. The minimum absolute atomic E-state index is 0.0391. The number of carbonyl (C=O) groups is 1. The number of ether oxygens (including phenoxy) is 2. The van der Waals surface area contributed by atoms with E-state index in [1.54, 1.807) is 25.3 Å². The van der Waals surface area contributed by atoms with E-state index in [1.165, 1.54) is 10.9 Å². The molecule has 0 aliphatic heterocycles. The van der Waals surface area contributed by atoms with E-state index in [0.717, 1.165) is 0 Å². The zero-order valence-corrected chi connectivity index (χ0v) is 12.2. The number of nitrogens with zero attached hydrogens (tertiary/aromatic N) is 3. The van der Waals surface area contributed by atoms with Crippen LogP contribution in [0.15, 0.2) is 24.5 Å². The van der Waals surface area contributed by atoms with E-state index in [2.05, 4.69) is 10.1 Å². The van der Waals surface area contributed by atoms with Gasteiger partial charge in [-0.05, 0) is 32.9 Å². The first-order chi connectivity index (χ1) is 10.0. The molecule has 0 aliphatic carbocycles. The normalized spacial score (nSPS) is 10.7. The van der Waals surface area contributed by atoms with Crippen molar-refractivity contribution in [2.45, 2.75) is 26.9 Å². The Balaban J connectivity index is 2.28. The number of pyridine rings is 1. The molecular formula is C14H18N4O3. The van der Waals surface area contributed by atoms with E-state index in [4.69, 9.17) is 15.2 Å². The molecule has 7 heteroatoms. The molecule has 0 saturated carbocycles. The molecule has 2 rings (SSSR count). The molecule has 0 radical (unpaired) electrons. The lowest BCUT2D eigenvalue weighted by Crippen LogP contribution is -2.10. The lowest BCUT2D eigenvalue weighted by Gasteiger charge is -2.12. The predicted octanol–water partition coefficient (Wildman–Crippen LogP) is 1.81. The van der Waals surface area contributed by atoms with Crippen LogP contribution in [0.2, 0.25) is 0 Å². The third kappa shape index (κ3) is 3.50. The van der Waals surface area contributed by atoms with Crippen LogP contribution in [-0.2, 0) is 4.74 Å². The number of nitrogens with two attached hydrogens (primary N) is 1. The van der Waals surface area contributed by atoms with Crippen molar-refractivity contribution in [2.75, 3.05) is 12.3 Å². The second-order valence-corrected chi connectivity index (χ2v) is 4.62. The van der Waals surface area contributed by atoms with Crippen molar-refractivity contribution < 1.29 is 14.3 Å². The largest absolute Gasteiger partial charge is 0.473 e. The van der Waals surface area contributed by atoms with Gasteiger partial charge < -0.3 is 15.2 Å². The van der Waals surface area contributed by atoms with Crippen LogP contribution in [0.1, 0.15) is 31.1 Å². The molecule has 0 bridgehead atoms. The monoisotopic (exact) mass is 290 g/mol. The van der Waals surface area contributed by atoms with Crippen LogP contribution in [0, 0.1) is 0 Å². The Bertz CT molecular complexity index is 637. The first kappa shape index (κ1) is 14.8. The van der Waals surface area contributed by atoms with Crippen molar-refractivity contribution in [2.24, 2.45) is 0 Å². The van der Waals surface area contributed by atoms with Gasteiger partial charge in [0, 0.05) is 6.20 Å². The predicted molar refractivity (Wildman–Crippen MR) is 77.5 cm³/mol. The molecule has 0 aliphatic rings. The number of carbonyl (C=O) groups excluding carboxylic acids is 1. The highest BCUT2D eigenvalue weighted by Crippen LogP contribution is 2.21. The number of hydrogen-bond acceptors (Lipinski definition) is 6. The lowest BCUT2D eigenvalue weighted by atomic mass is 10.3. The van der Waals surface area contributed by atoms with Gasteiger partial charge in [0.05, 0.1) is 30.2 Å². The molecular weight excluding hydrogens is 272 g/mol. The van der Waals surface area contributed by atoms with Gasteiger partial charge in [-0.15, -0.1) is 0 Å². The molecule has 0 saturated heterocycles. The Labute approximate surface area is 122 Å². The molecule has 7 nitrogen and oxygen atoms in total. The molecule has 0 amide bonds. The minimum atomic E-state index is -0.419. The molecule has 2 N–H and O–H groups in total. The first-order valence-corrected chi connectivity index (χ1v) is 6.66. The van der Waals surface area contributed by atoms with E-state index in [1.807, 2.05) is 13.8 Å². The second kappa shape index (κ2) is 6.25. The van der Waals surface area contributed by atoms with Crippen LogP contribution in [0.3, 0.4) is 0 Å². The Morgan fingerprint density at radius 3 is 2.86 bits per heavy atom. The summed E-state index contributed by atoms with van der Waals surface area (Å²) in [6, 6.07) is 3.39. The van der Waals surface area contributed by atoms with Crippen LogP contribution < -0.4 is 10.5 Å². The minimum Gasteiger partial charge on any atom is -0.473 e. The molecule has 0 fully saturated rings. The number of esters is 1. The summed E-state index contributed by atoms with van der Waals surface area (Å²) in [7, 11) is 0. The van der Waals surface area contributed by atoms with E-state index in [9.17, 15) is 4.79 Å². The van der Waals surface area contributed by atoms with Gasteiger partial charge >= 0.3 is 5.97 Å². The highest BCUT2D eigenvalue weighted by molar-refractivity contribution is 5.88. The molecule has 0 spiro atoms. The van der Waals surface area contributed by atoms with Gasteiger partial charge in [0.25, 0.3) is 0 Å². The van der Waals surface area contributed by atoms with Crippen LogP contribution in [0.5, 0.6) is 5.88 Å². The van der Waals surface area contributed by atoms with Gasteiger partial charge in [-0.1, -0.05) is 0 Å². The van der Waals surface area contributed by atoms with E-state index in [-0.39, 0.29) is 6.10 Å². The van der Waals surface area contributed by atoms with Crippen LogP contribution in [0.25, 0.3) is 5.82 Å². The van der Waals surface area contributed by atoms with Crippen LogP contribution in [-0.4, -0.2) is 33.4 Å². The quantitative estimate of drug-likeness (QED) is 0.844. The summed E-state index contributed by atoms with van der Waals surface area (Å²) in [5.74, 6) is 0.434. The van der Waals surface area contributed by atoms with E-state index < -0.39 is 5.97 Å². The van der Waals surface area contributed by atoms with Gasteiger partial charge in [0.2, 0.25) is 5.88 Å². The summed E-state index contributed by atoms with van der Waals surface area (Å²) in [5.41, 5.74) is 6.63. The fraction of sp³-hybridized carbons (Fsp3) is 0.357. The molecule has 0 unspecified atom stereocenters. The number of aromatic nitrogens is 3. The van der Waals surface area contributed by atoms with Gasteiger partial charge in [-0.3, -0.25) is 0 Å². The number of nitrogen functional groups attached to an aromatic ring is 1. The van der Waals surface area contributed by atoms with Gasteiger partial charge in [-0.2, -0.15) is 10.1 Å². The Hall–Kier alpha value is -2.57. The summed E-state index contributed by atoms with van der Waals surface area (Å²) < 4.78 is 11.9. The highest BCUT2D eigenvalue weighted by Gasteiger charge is 2.12. The number of anilines is 1. The summed E-state index contributed by atoms with van der Waals surface area (Å²) in [6.45, 7) is 5.84. The zero-order chi connectivity index (χ0) is 15.4. The van der Waals surface area contributed by atoms with Crippen molar-refractivity contribution in [1.29, 1.82) is 0 Å². The molecule has 21 heavy (non-hydrogen) atoms. The Morgan fingerprint density at radius 1 is 1.43 bits per heavy atom. The summed E-state index contributed by atoms with van der Waals surface area (Å²) >= 11 is 0. The maximum atomic E-state index is 11.6. The van der Waals surface area contributed by atoms with Crippen molar-refractivity contribution in [3.05, 3.63) is 30.1 Å². The van der Waals surface area contributed by atoms with Crippen molar-refractivity contribution in [1.82, 2.24) is 14.8 Å². The van der Waals surface area contributed by atoms with Gasteiger partial charge in [0.1, 0.15) is 0 Å². The van der Waals surface area contributed by atoms with Crippen LogP contribution >= 0.6 is 0 Å². The molecule has 2 aromatic rings. The summed E-state index contributed by atoms with van der Waals surface area (Å²) in [6.07, 6.45) is 2.94. The standard InChI is InChI=1S/C14H18N4O3/c1-4-20-14(19)10-7-16-18(8-10)12-6-5-11(15)13(17-12)21-9(2)3/h5-9H,4,15H2,1-3H3. The van der Waals surface area contributed by atoms with Gasteiger partial charge in [-0.25, -0.2) is 9.48 Å². The molecule has 112 valence electrons. The topological polar surface area (TPSA) is 92.3 Å². The molecule has 2 aromatic heterocycles. The SMILES string of the molecule is CCOC(=O)c1cnn(-c2ccc(N)c(OC(C)C)n2)c1. The van der Waals surface area contributed by atoms with E-state index >= 15 is 0 Å². The third-order valence-electron chi connectivity index (χ3n) is 2.55. The summed E-state index contributed by atoms with van der Waals surface area (Å²) in [5, 5.41) is 4.10. The summed E-state index contributed by atoms with van der Waals surface area (Å²) in [4.78, 5) is 15.9. The smallest absolute Gasteiger partial charge is 0.341 e. The van der Waals surface area contributed by atoms with Crippen molar-refractivity contribution >= 4 is 11.7 Å². The first-order valence-electron chi connectivity index (χ1n) is 6.66. The van der Waals surface area contributed by atoms with Gasteiger partial charge in [0.15, 0.2) is 5.82 Å². The number of hydrogen-bond donors (Lipinski definition) is 1. The average Bonchev–Trinajstić information content (AvgIpc) is 2.91. The van der Waals surface area contributed by atoms with Crippen molar-refractivity contribution in [3.63, 3.8) is 0 Å².